The molecule has 2 aliphatic carbocycles. The summed E-state index contributed by atoms with van der Waals surface area (Å²) in [4.78, 5) is 0. The van der Waals surface area contributed by atoms with Crippen LogP contribution in [0.4, 0.5) is 0 Å². The van der Waals surface area contributed by atoms with Gasteiger partial charge in [-0.2, -0.15) is 0 Å². The van der Waals surface area contributed by atoms with E-state index in [0.29, 0.717) is 26.4 Å². The van der Waals surface area contributed by atoms with Gasteiger partial charge in [0.2, 0.25) is 0 Å². The fourth-order valence-electron chi connectivity index (χ4n) is 3.25. The lowest BCUT2D eigenvalue weighted by Crippen LogP contribution is -2.27. The molecule has 0 saturated carbocycles. The van der Waals surface area contributed by atoms with Crippen LogP contribution in [0.1, 0.15) is 19.8 Å². The molecule has 0 aliphatic heterocycles. The molecule has 158 valence electrons. The molecule has 28 heavy (non-hydrogen) atoms. The van der Waals surface area contributed by atoms with Crippen LogP contribution in [0.5, 0.6) is 0 Å². The van der Waals surface area contributed by atoms with Crippen molar-refractivity contribution in [3.8, 4) is 0 Å². The van der Waals surface area contributed by atoms with Gasteiger partial charge in [0, 0.05) is 5.92 Å². The van der Waals surface area contributed by atoms with Gasteiger partial charge in [0.1, 0.15) is 24.7 Å². The molecule has 0 aromatic heterocycles. The van der Waals surface area contributed by atoms with Crippen molar-refractivity contribution in [2.75, 3.05) is 26.4 Å². The van der Waals surface area contributed by atoms with Crippen LogP contribution in [0.25, 0.3) is 0 Å². The summed E-state index contributed by atoms with van der Waals surface area (Å²) in [5.74, 6) is 2.26. The number of allylic oxidation sites excluding steroid dienone is 6. The summed E-state index contributed by atoms with van der Waals surface area (Å²) in [5.41, 5.74) is 2.52. The molecule has 0 heterocycles. The highest BCUT2D eigenvalue weighted by atomic mass is 28.4. The van der Waals surface area contributed by atoms with E-state index in [9.17, 15) is 0 Å². The standard InChI is InChI=1S/C22H38O4Si2/c1-18(19-10-8-12-21(19)23-14-16-25-27(2,3)4)20-11-9-13-22(20)24-15-17-26-28(5,6)7/h10-13,18H,8-9,14-17H2,1-7H3. The number of rotatable bonds is 12. The Morgan fingerprint density at radius 2 is 1.07 bits per heavy atom. The zero-order chi connectivity index (χ0) is 20.8. The van der Waals surface area contributed by atoms with Gasteiger partial charge in [0.15, 0.2) is 16.6 Å². The van der Waals surface area contributed by atoms with E-state index >= 15 is 0 Å². The van der Waals surface area contributed by atoms with Gasteiger partial charge in [0.05, 0.1) is 13.2 Å². The molecule has 0 atom stereocenters. The average molecular weight is 423 g/mol. The quantitative estimate of drug-likeness (QED) is 0.295. The molecular formula is C22H38O4Si2. The van der Waals surface area contributed by atoms with E-state index in [0.717, 1.165) is 24.4 Å². The van der Waals surface area contributed by atoms with Gasteiger partial charge in [-0.15, -0.1) is 0 Å². The van der Waals surface area contributed by atoms with E-state index in [-0.39, 0.29) is 5.92 Å². The van der Waals surface area contributed by atoms with Crippen molar-refractivity contribution in [1.29, 1.82) is 0 Å². The molecule has 0 N–H and O–H groups in total. The largest absolute Gasteiger partial charge is 0.491 e. The molecule has 0 spiro atoms. The second-order valence-corrected chi connectivity index (χ2v) is 18.3. The average Bonchev–Trinajstić information content (AvgIpc) is 3.22. The van der Waals surface area contributed by atoms with Gasteiger partial charge in [-0.25, -0.2) is 0 Å². The highest BCUT2D eigenvalue weighted by Crippen LogP contribution is 2.37. The molecule has 0 amide bonds. The van der Waals surface area contributed by atoms with Crippen LogP contribution >= 0.6 is 0 Å². The maximum atomic E-state index is 6.05. The van der Waals surface area contributed by atoms with Crippen molar-refractivity contribution in [3.05, 3.63) is 47.0 Å². The van der Waals surface area contributed by atoms with Crippen molar-refractivity contribution < 1.29 is 18.3 Å². The lowest BCUT2D eigenvalue weighted by molar-refractivity contribution is 0.152. The summed E-state index contributed by atoms with van der Waals surface area (Å²) in [6.07, 6.45) is 10.7. The summed E-state index contributed by atoms with van der Waals surface area (Å²) in [6.45, 7) is 17.9. The van der Waals surface area contributed by atoms with Gasteiger partial charge in [-0.3, -0.25) is 0 Å². The SMILES string of the molecule is CC(C1=CCC=C1OCCO[Si](C)(C)C)C1=CCC=C1OCCO[Si](C)(C)C. The highest BCUT2D eigenvalue weighted by molar-refractivity contribution is 6.70. The fraction of sp³-hybridized carbons (Fsp3) is 0.636. The van der Waals surface area contributed by atoms with E-state index in [2.05, 4.69) is 70.5 Å². The minimum atomic E-state index is -1.49. The molecule has 4 nitrogen and oxygen atoms in total. The zero-order valence-corrected chi connectivity index (χ0v) is 20.8. The van der Waals surface area contributed by atoms with Crippen molar-refractivity contribution in [1.82, 2.24) is 0 Å². The van der Waals surface area contributed by atoms with Crippen LogP contribution in [0.2, 0.25) is 39.3 Å². The Labute approximate surface area is 173 Å². The van der Waals surface area contributed by atoms with E-state index < -0.39 is 16.6 Å². The zero-order valence-electron chi connectivity index (χ0n) is 18.8. The lowest BCUT2D eigenvalue weighted by Gasteiger charge is -2.23. The van der Waals surface area contributed by atoms with Gasteiger partial charge in [0.25, 0.3) is 0 Å². The maximum absolute atomic E-state index is 6.05. The minimum absolute atomic E-state index is 0.262. The molecule has 2 rings (SSSR count). The summed E-state index contributed by atoms with van der Waals surface area (Å²) < 4.78 is 23.9. The molecule has 0 fully saturated rings. The summed E-state index contributed by atoms with van der Waals surface area (Å²) >= 11 is 0. The summed E-state index contributed by atoms with van der Waals surface area (Å²) in [5, 5.41) is 0. The van der Waals surface area contributed by atoms with Crippen LogP contribution in [-0.2, 0) is 18.3 Å². The smallest absolute Gasteiger partial charge is 0.183 e. The second-order valence-electron chi connectivity index (χ2n) is 9.27. The predicted octanol–water partition coefficient (Wildman–Crippen LogP) is 5.79. The first kappa shape index (κ1) is 23.2. The molecule has 0 aromatic carbocycles. The summed E-state index contributed by atoms with van der Waals surface area (Å²) in [7, 11) is -2.97. The van der Waals surface area contributed by atoms with Gasteiger partial charge >= 0.3 is 0 Å². The summed E-state index contributed by atoms with van der Waals surface area (Å²) in [6, 6.07) is 0. The number of hydrogen-bond acceptors (Lipinski definition) is 4. The molecule has 0 aromatic rings. The predicted molar refractivity (Wildman–Crippen MR) is 121 cm³/mol. The van der Waals surface area contributed by atoms with Crippen molar-refractivity contribution >= 4 is 16.6 Å². The Bertz CT molecular complexity index is 592. The molecule has 2 aliphatic rings. The molecule has 0 bridgehead atoms. The third-order valence-corrected chi connectivity index (χ3v) is 6.68. The maximum Gasteiger partial charge on any atom is 0.183 e. The third kappa shape index (κ3) is 7.74. The fourth-order valence-corrected chi connectivity index (χ4v) is 4.65. The molecule has 0 saturated heterocycles. The second kappa shape index (κ2) is 10.1. The van der Waals surface area contributed by atoms with Gasteiger partial charge in [-0.1, -0.05) is 19.1 Å². The van der Waals surface area contributed by atoms with Crippen molar-refractivity contribution in [3.63, 3.8) is 0 Å². The Morgan fingerprint density at radius 3 is 1.43 bits per heavy atom. The third-order valence-electron chi connectivity index (χ3n) is 4.54. The monoisotopic (exact) mass is 422 g/mol. The number of hydrogen-bond donors (Lipinski definition) is 0. The van der Waals surface area contributed by atoms with E-state index in [4.69, 9.17) is 18.3 Å². The Hall–Kier alpha value is -1.09. The molecule has 0 unspecified atom stereocenters. The van der Waals surface area contributed by atoms with Crippen molar-refractivity contribution in [2.24, 2.45) is 5.92 Å². The van der Waals surface area contributed by atoms with Gasteiger partial charge < -0.3 is 18.3 Å². The first-order valence-corrected chi connectivity index (χ1v) is 17.2. The van der Waals surface area contributed by atoms with E-state index in [1.165, 1.54) is 11.1 Å². The Morgan fingerprint density at radius 1 is 0.679 bits per heavy atom. The van der Waals surface area contributed by atoms with Crippen LogP contribution in [0, 0.1) is 5.92 Å². The van der Waals surface area contributed by atoms with Gasteiger partial charge in [-0.05, 0) is 75.4 Å². The number of ether oxygens (including phenoxy) is 2. The van der Waals surface area contributed by atoms with Crippen LogP contribution in [0.15, 0.2) is 47.0 Å². The minimum Gasteiger partial charge on any atom is -0.491 e. The van der Waals surface area contributed by atoms with Crippen LogP contribution in [-0.4, -0.2) is 43.1 Å². The Kier molecular flexibility index (Phi) is 8.36. The Balaban J connectivity index is 1.84. The van der Waals surface area contributed by atoms with E-state index in [1.807, 2.05) is 0 Å². The molecular weight excluding hydrogens is 384 g/mol. The lowest BCUT2D eigenvalue weighted by atomic mass is 9.92. The first-order valence-electron chi connectivity index (χ1n) is 10.4. The molecule has 0 radical (unpaired) electrons. The normalized spacial score (nSPS) is 17.4. The highest BCUT2D eigenvalue weighted by Gasteiger charge is 2.26. The van der Waals surface area contributed by atoms with Crippen LogP contribution < -0.4 is 0 Å². The molecule has 6 heteroatoms. The first-order chi connectivity index (χ1) is 13.1. The van der Waals surface area contributed by atoms with Crippen molar-refractivity contribution in [2.45, 2.75) is 59.0 Å². The van der Waals surface area contributed by atoms with Crippen LogP contribution in [0.3, 0.4) is 0 Å². The van der Waals surface area contributed by atoms with E-state index in [1.54, 1.807) is 0 Å². The topological polar surface area (TPSA) is 36.9 Å².